The molecule has 21 heavy (non-hydrogen) atoms. The first-order valence-electron chi connectivity index (χ1n) is 7.81. The maximum Gasteiger partial charge on any atom is 0.320 e. The summed E-state index contributed by atoms with van der Waals surface area (Å²) in [4.78, 5) is 27.7. The van der Waals surface area contributed by atoms with E-state index >= 15 is 0 Å². The lowest BCUT2D eigenvalue weighted by Crippen LogP contribution is -2.51. The number of carbonyl (C=O) groups is 2. The largest absolute Gasteiger partial charge is 0.481 e. The van der Waals surface area contributed by atoms with Crippen molar-refractivity contribution in [1.29, 1.82) is 0 Å². The number of carboxylic acids is 1. The molecule has 2 saturated heterocycles. The van der Waals surface area contributed by atoms with E-state index in [4.69, 9.17) is 4.74 Å². The van der Waals surface area contributed by atoms with Gasteiger partial charge >= 0.3 is 12.0 Å². The molecule has 6 heteroatoms. The van der Waals surface area contributed by atoms with Crippen LogP contribution in [-0.2, 0) is 9.53 Å². The van der Waals surface area contributed by atoms with Gasteiger partial charge in [0.1, 0.15) is 5.92 Å². The summed E-state index contributed by atoms with van der Waals surface area (Å²) in [6.07, 6.45) is 0.813. The number of ether oxygens (including phenoxy) is 1. The minimum absolute atomic E-state index is 0.0326. The van der Waals surface area contributed by atoms with E-state index in [1.165, 1.54) is 0 Å². The molecule has 0 aromatic carbocycles. The standard InChI is InChI=1S/C15H26N2O4/c1-4-5-17(13-9-21-8-12(13)14(18)19)15(20)16-6-10(2)11(3)7-16/h10-13H,4-9H2,1-3H3,(H,18,19). The molecule has 6 nitrogen and oxygen atoms in total. The summed E-state index contributed by atoms with van der Waals surface area (Å²) in [5.74, 6) is -0.507. The Morgan fingerprint density at radius 3 is 2.38 bits per heavy atom. The highest BCUT2D eigenvalue weighted by Crippen LogP contribution is 2.26. The van der Waals surface area contributed by atoms with Gasteiger partial charge in [0.25, 0.3) is 0 Å². The zero-order valence-electron chi connectivity index (χ0n) is 13.1. The highest BCUT2D eigenvalue weighted by Gasteiger charge is 2.42. The van der Waals surface area contributed by atoms with Crippen molar-refractivity contribution in [1.82, 2.24) is 9.80 Å². The fourth-order valence-electron chi connectivity index (χ4n) is 3.20. The second-order valence-electron chi connectivity index (χ2n) is 6.39. The van der Waals surface area contributed by atoms with Gasteiger partial charge in [-0.1, -0.05) is 20.8 Å². The Hall–Kier alpha value is -1.30. The predicted molar refractivity (Wildman–Crippen MR) is 78.0 cm³/mol. The number of carboxylic acid groups (broad SMARTS) is 1. The molecule has 0 aromatic heterocycles. The van der Waals surface area contributed by atoms with Crippen LogP contribution >= 0.6 is 0 Å². The number of carbonyl (C=O) groups excluding carboxylic acids is 1. The van der Waals surface area contributed by atoms with Crippen LogP contribution < -0.4 is 0 Å². The third kappa shape index (κ3) is 3.31. The van der Waals surface area contributed by atoms with Crippen LogP contribution in [0.4, 0.5) is 4.79 Å². The zero-order valence-corrected chi connectivity index (χ0v) is 13.1. The Morgan fingerprint density at radius 2 is 1.86 bits per heavy atom. The number of rotatable bonds is 4. The summed E-state index contributed by atoms with van der Waals surface area (Å²) in [5.41, 5.74) is 0. The smallest absolute Gasteiger partial charge is 0.320 e. The lowest BCUT2D eigenvalue weighted by Gasteiger charge is -2.33. The third-order valence-corrected chi connectivity index (χ3v) is 4.74. The molecule has 120 valence electrons. The lowest BCUT2D eigenvalue weighted by atomic mass is 10.0. The van der Waals surface area contributed by atoms with E-state index in [-0.39, 0.29) is 18.7 Å². The Balaban J connectivity index is 2.11. The SMILES string of the molecule is CCCN(C(=O)N1CC(C)C(C)C1)C1COCC1C(=O)O. The molecule has 4 atom stereocenters. The molecule has 0 spiro atoms. The normalized spacial score (nSPS) is 32.4. The van der Waals surface area contributed by atoms with Gasteiger partial charge in [-0.2, -0.15) is 0 Å². The van der Waals surface area contributed by atoms with Gasteiger partial charge in [0.05, 0.1) is 19.3 Å². The monoisotopic (exact) mass is 298 g/mol. The second-order valence-corrected chi connectivity index (χ2v) is 6.39. The van der Waals surface area contributed by atoms with Crippen molar-refractivity contribution in [3.8, 4) is 0 Å². The van der Waals surface area contributed by atoms with E-state index in [2.05, 4.69) is 13.8 Å². The molecule has 2 heterocycles. The minimum atomic E-state index is -0.880. The van der Waals surface area contributed by atoms with Crippen LogP contribution in [-0.4, -0.2) is 65.8 Å². The fourth-order valence-corrected chi connectivity index (χ4v) is 3.20. The first-order valence-corrected chi connectivity index (χ1v) is 7.81. The fraction of sp³-hybridized carbons (Fsp3) is 0.867. The molecule has 2 aliphatic heterocycles. The molecule has 0 aliphatic carbocycles. The highest BCUT2D eigenvalue weighted by atomic mass is 16.5. The molecule has 0 bridgehead atoms. The van der Waals surface area contributed by atoms with Crippen LogP contribution in [0, 0.1) is 17.8 Å². The molecule has 1 N–H and O–H groups in total. The third-order valence-electron chi connectivity index (χ3n) is 4.74. The van der Waals surface area contributed by atoms with E-state index in [9.17, 15) is 14.7 Å². The average molecular weight is 298 g/mol. The molecule has 2 aliphatic rings. The lowest BCUT2D eigenvalue weighted by molar-refractivity contribution is -0.142. The summed E-state index contributed by atoms with van der Waals surface area (Å²) in [6, 6.07) is -0.379. The van der Waals surface area contributed by atoms with E-state index in [1.807, 2.05) is 11.8 Å². The van der Waals surface area contributed by atoms with Crippen LogP contribution in [0.25, 0.3) is 0 Å². The van der Waals surface area contributed by atoms with E-state index in [0.29, 0.717) is 25.0 Å². The number of likely N-dealkylation sites (tertiary alicyclic amines) is 1. The van der Waals surface area contributed by atoms with E-state index in [1.54, 1.807) is 4.90 Å². The summed E-state index contributed by atoms with van der Waals surface area (Å²) in [5, 5.41) is 9.30. The van der Waals surface area contributed by atoms with E-state index in [0.717, 1.165) is 19.5 Å². The highest BCUT2D eigenvalue weighted by molar-refractivity contribution is 5.77. The second kappa shape index (κ2) is 6.64. The van der Waals surface area contributed by atoms with Crippen molar-refractivity contribution in [3.63, 3.8) is 0 Å². The van der Waals surface area contributed by atoms with Crippen LogP contribution in [0.2, 0.25) is 0 Å². The number of nitrogens with zero attached hydrogens (tertiary/aromatic N) is 2. The maximum absolute atomic E-state index is 12.8. The van der Waals surface area contributed by atoms with Crippen LogP contribution in [0.3, 0.4) is 0 Å². The van der Waals surface area contributed by atoms with E-state index < -0.39 is 11.9 Å². The quantitative estimate of drug-likeness (QED) is 0.854. The number of hydrogen-bond acceptors (Lipinski definition) is 3. The van der Waals surface area contributed by atoms with Crippen LogP contribution in [0.5, 0.6) is 0 Å². The molecule has 2 amide bonds. The van der Waals surface area contributed by atoms with Gasteiger partial charge in [-0.05, 0) is 18.3 Å². The van der Waals surface area contributed by atoms with Crippen molar-refractivity contribution < 1.29 is 19.4 Å². The van der Waals surface area contributed by atoms with Crippen molar-refractivity contribution in [2.75, 3.05) is 32.8 Å². The average Bonchev–Trinajstić information content (AvgIpc) is 3.03. The minimum Gasteiger partial charge on any atom is -0.481 e. The number of aliphatic carboxylic acids is 1. The van der Waals surface area contributed by atoms with Crippen molar-refractivity contribution >= 4 is 12.0 Å². The zero-order chi connectivity index (χ0) is 15.6. The molecule has 0 aromatic rings. The van der Waals surface area contributed by atoms with Gasteiger partial charge in [-0.25, -0.2) is 4.79 Å². The predicted octanol–water partition coefficient (Wildman–Crippen LogP) is 1.51. The topological polar surface area (TPSA) is 70.1 Å². The summed E-state index contributed by atoms with van der Waals surface area (Å²) in [7, 11) is 0. The number of hydrogen-bond donors (Lipinski definition) is 1. The molecule has 0 saturated carbocycles. The van der Waals surface area contributed by atoms with Gasteiger partial charge in [0.15, 0.2) is 0 Å². The molecule has 2 rings (SSSR count). The van der Waals surface area contributed by atoms with Crippen molar-refractivity contribution in [2.45, 2.75) is 33.2 Å². The molecule has 0 radical (unpaired) electrons. The Bertz CT molecular complexity index is 391. The Labute approximate surface area is 126 Å². The van der Waals surface area contributed by atoms with Crippen LogP contribution in [0.1, 0.15) is 27.2 Å². The van der Waals surface area contributed by atoms with Gasteiger partial charge < -0.3 is 19.6 Å². The maximum atomic E-state index is 12.8. The Morgan fingerprint density at radius 1 is 1.24 bits per heavy atom. The molecular formula is C15H26N2O4. The van der Waals surface area contributed by atoms with Crippen molar-refractivity contribution in [3.05, 3.63) is 0 Å². The molecular weight excluding hydrogens is 272 g/mol. The van der Waals surface area contributed by atoms with Gasteiger partial charge in [0.2, 0.25) is 0 Å². The van der Waals surface area contributed by atoms with Gasteiger partial charge in [-0.3, -0.25) is 4.79 Å². The number of urea groups is 1. The number of amides is 2. The first-order chi connectivity index (χ1) is 9.95. The summed E-state index contributed by atoms with van der Waals surface area (Å²) >= 11 is 0. The summed E-state index contributed by atoms with van der Waals surface area (Å²) in [6.45, 7) is 8.91. The van der Waals surface area contributed by atoms with Gasteiger partial charge in [0, 0.05) is 19.6 Å². The van der Waals surface area contributed by atoms with Crippen LogP contribution in [0.15, 0.2) is 0 Å². The Kier molecular flexibility index (Phi) is 5.08. The van der Waals surface area contributed by atoms with Gasteiger partial charge in [-0.15, -0.1) is 0 Å². The summed E-state index contributed by atoms with van der Waals surface area (Å²) < 4.78 is 5.32. The van der Waals surface area contributed by atoms with Crippen molar-refractivity contribution in [2.24, 2.45) is 17.8 Å². The molecule has 4 unspecified atom stereocenters. The first kappa shape index (κ1) is 16.1. The molecule has 2 fully saturated rings.